The summed E-state index contributed by atoms with van der Waals surface area (Å²) in [5.41, 5.74) is 0.370. The Bertz CT molecular complexity index is 2000. The summed E-state index contributed by atoms with van der Waals surface area (Å²) < 4.78 is 34.6. The van der Waals surface area contributed by atoms with E-state index in [1.807, 2.05) is 24.3 Å². The third-order valence-corrected chi connectivity index (χ3v) is 13.6. The number of aryl methyl sites for hydroxylation is 1. The molecule has 0 radical (unpaired) electrons. The molecule has 3 aliphatic carbocycles. The van der Waals surface area contributed by atoms with Crippen LogP contribution in [0, 0.1) is 5.92 Å². The summed E-state index contributed by atoms with van der Waals surface area (Å²) in [6, 6.07) is 3.33. The Morgan fingerprint density at radius 3 is 2.52 bits per heavy atom. The zero-order valence-electron chi connectivity index (χ0n) is 31.1. The third kappa shape index (κ3) is 7.65. The molecule has 5 atom stereocenters. The van der Waals surface area contributed by atoms with E-state index in [-0.39, 0.29) is 25.8 Å². The van der Waals surface area contributed by atoms with E-state index in [1.54, 1.807) is 26.8 Å². The highest BCUT2D eigenvalue weighted by atomic mass is 35.5. The normalized spacial score (nSPS) is 27.8. The molecule has 2 saturated carbocycles. The lowest BCUT2D eigenvalue weighted by Gasteiger charge is -2.41. The first kappa shape index (κ1) is 38.4. The van der Waals surface area contributed by atoms with E-state index in [9.17, 15) is 32.7 Å². The Morgan fingerprint density at radius 2 is 1.81 bits per heavy atom. The van der Waals surface area contributed by atoms with Crippen molar-refractivity contribution in [2.45, 2.75) is 139 Å². The SMILES string of the molecule is CC(C)(C)N(C(=O)O)[C@H]1CCCCCC=C[C@@H]2C[C@@]2(C(=O)NS(=O)(=O)C2CC2)NC(=O)[C@@H]2C[C@@H](Oc3nc4ccc(Cl)cc4c4c3CCCC4)CN2C1=O. The van der Waals surface area contributed by atoms with Crippen LogP contribution in [0.25, 0.3) is 10.9 Å². The molecule has 1 saturated heterocycles. The Morgan fingerprint density at radius 1 is 1.07 bits per heavy atom. The molecule has 15 heteroatoms. The van der Waals surface area contributed by atoms with Gasteiger partial charge in [0.2, 0.25) is 27.7 Å². The predicted molar refractivity (Wildman–Crippen MR) is 203 cm³/mol. The molecule has 13 nitrogen and oxygen atoms in total. The highest BCUT2D eigenvalue weighted by molar-refractivity contribution is 7.91. The average Bonchev–Trinajstić information content (AvgIpc) is 4.03. The Hall–Kier alpha value is -3.91. The minimum Gasteiger partial charge on any atom is -0.472 e. The van der Waals surface area contributed by atoms with Crippen molar-refractivity contribution in [1.29, 1.82) is 0 Å². The summed E-state index contributed by atoms with van der Waals surface area (Å²) in [7, 11) is -3.90. The van der Waals surface area contributed by atoms with Crippen LogP contribution in [0.5, 0.6) is 5.88 Å². The fourth-order valence-electron chi connectivity index (χ4n) is 8.54. The summed E-state index contributed by atoms with van der Waals surface area (Å²) in [6.07, 6.45) is 9.65. The van der Waals surface area contributed by atoms with Gasteiger partial charge in [0, 0.05) is 33.8 Å². The van der Waals surface area contributed by atoms with Gasteiger partial charge < -0.3 is 20.1 Å². The van der Waals surface area contributed by atoms with Crippen LogP contribution >= 0.6 is 11.6 Å². The van der Waals surface area contributed by atoms with Gasteiger partial charge in [-0.3, -0.25) is 24.0 Å². The third-order valence-electron chi connectivity index (χ3n) is 11.6. The number of hydrogen-bond acceptors (Lipinski definition) is 8. The van der Waals surface area contributed by atoms with E-state index >= 15 is 0 Å². The molecule has 4 amide bonds. The van der Waals surface area contributed by atoms with Crippen molar-refractivity contribution in [1.82, 2.24) is 24.8 Å². The molecule has 7 rings (SSSR count). The zero-order valence-corrected chi connectivity index (χ0v) is 32.7. The van der Waals surface area contributed by atoms with Crippen LogP contribution in [0.4, 0.5) is 4.79 Å². The molecule has 0 spiro atoms. The number of halogens is 1. The van der Waals surface area contributed by atoms with Gasteiger partial charge in [0.05, 0.1) is 17.3 Å². The van der Waals surface area contributed by atoms with Crippen molar-refractivity contribution < 1.29 is 37.4 Å². The number of aromatic nitrogens is 1. The van der Waals surface area contributed by atoms with Gasteiger partial charge in [0.25, 0.3) is 5.91 Å². The quantitative estimate of drug-likeness (QED) is 0.330. The van der Waals surface area contributed by atoms with E-state index in [1.165, 1.54) is 9.80 Å². The number of benzene rings is 1. The number of rotatable bonds is 6. The van der Waals surface area contributed by atoms with Gasteiger partial charge in [0.1, 0.15) is 23.7 Å². The van der Waals surface area contributed by atoms with Crippen LogP contribution in [0.2, 0.25) is 5.02 Å². The molecule has 292 valence electrons. The van der Waals surface area contributed by atoms with Gasteiger partial charge in [0.15, 0.2) is 0 Å². The van der Waals surface area contributed by atoms with Crippen molar-refractivity contribution in [2.75, 3.05) is 6.54 Å². The molecular weight excluding hydrogens is 734 g/mol. The molecule has 1 aromatic heterocycles. The molecule has 1 aromatic carbocycles. The van der Waals surface area contributed by atoms with Crippen LogP contribution in [0.1, 0.15) is 103 Å². The lowest BCUT2D eigenvalue weighted by molar-refractivity contribution is -0.144. The summed E-state index contributed by atoms with van der Waals surface area (Å²) in [6.45, 7) is 5.20. The summed E-state index contributed by atoms with van der Waals surface area (Å²) in [4.78, 5) is 63.4. The van der Waals surface area contributed by atoms with Gasteiger partial charge in [-0.15, -0.1) is 0 Å². The number of amides is 4. The number of allylic oxidation sites excluding steroid dienone is 1. The second-order valence-electron chi connectivity index (χ2n) is 16.6. The van der Waals surface area contributed by atoms with Crippen molar-refractivity contribution in [2.24, 2.45) is 5.92 Å². The lowest BCUT2D eigenvalue weighted by Crippen LogP contribution is -2.60. The lowest BCUT2D eigenvalue weighted by atomic mass is 9.89. The number of sulfonamides is 1. The number of nitrogens with one attached hydrogen (secondary N) is 2. The van der Waals surface area contributed by atoms with Gasteiger partial charge in [-0.1, -0.05) is 36.6 Å². The molecule has 2 aliphatic heterocycles. The molecule has 2 aromatic rings. The van der Waals surface area contributed by atoms with Crippen molar-refractivity contribution in [3.8, 4) is 5.88 Å². The van der Waals surface area contributed by atoms with E-state index in [0.717, 1.165) is 60.6 Å². The predicted octanol–water partition coefficient (Wildman–Crippen LogP) is 5.27. The summed E-state index contributed by atoms with van der Waals surface area (Å²) in [5.74, 6) is -1.93. The number of pyridine rings is 1. The zero-order chi connectivity index (χ0) is 38.6. The number of carboxylic acid groups (broad SMARTS) is 1. The van der Waals surface area contributed by atoms with Gasteiger partial charge in [-0.25, -0.2) is 18.2 Å². The fraction of sp³-hybridized carbons (Fsp3) is 0.615. The molecule has 3 heterocycles. The molecule has 54 heavy (non-hydrogen) atoms. The van der Waals surface area contributed by atoms with Gasteiger partial charge in [-0.2, -0.15) is 0 Å². The maximum Gasteiger partial charge on any atom is 0.408 e. The first-order valence-electron chi connectivity index (χ1n) is 19.2. The van der Waals surface area contributed by atoms with Crippen LogP contribution in [-0.4, -0.2) is 93.2 Å². The fourth-order valence-corrected chi connectivity index (χ4v) is 10.1. The van der Waals surface area contributed by atoms with Crippen LogP contribution in [-0.2, 0) is 37.2 Å². The second-order valence-corrected chi connectivity index (χ2v) is 19.0. The minimum atomic E-state index is -3.90. The maximum absolute atomic E-state index is 14.8. The summed E-state index contributed by atoms with van der Waals surface area (Å²) in [5, 5.41) is 14.3. The number of ether oxygens (including phenoxy) is 1. The molecule has 5 aliphatic rings. The highest BCUT2D eigenvalue weighted by Crippen LogP contribution is 2.46. The van der Waals surface area contributed by atoms with Crippen LogP contribution in [0.3, 0.4) is 0 Å². The van der Waals surface area contributed by atoms with Gasteiger partial charge >= 0.3 is 6.09 Å². The topological polar surface area (TPSA) is 175 Å². The van der Waals surface area contributed by atoms with Crippen molar-refractivity contribution >= 4 is 56.3 Å². The molecule has 3 fully saturated rings. The van der Waals surface area contributed by atoms with Gasteiger partial charge in [-0.05, 0) is 109 Å². The summed E-state index contributed by atoms with van der Waals surface area (Å²) >= 11 is 6.37. The maximum atomic E-state index is 14.8. The largest absolute Gasteiger partial charge is 0.472 e. The monoisotopic (exact) mass is 783 g/mol. The van der Waals surface area contributed by atoms with E-state index in [2.05, 4.69) is 10.0 Å². The second kappa shape index (κ2) is 14.6. The number of fused-ring (bicyclic) bond motifs is 5. The molecular formula is C39H50ClN5O8S. The number of carbonyl (C=O) groups is 4. The Labute approximate surface area is 321 Å². The van der Waals surface area contributed by atoms with E-state index < -0.39 is 74.3 Å². The average molecular weight is 784 g/mol. The molecule has 0 bridgehead atoms. The molecule has 0 unspecified atom stereocenters. The minimum absolute atomic E-state index is 0.0152. The number of nitrogens with zero attached hydrogens (tertiary/aromatic N) is 3. The smallest absolute Gasteiger partial charge is 0.408 e. The number of carbonyl (C=O) groups excluding carboxylic acids is 3. The van der Waals surface area contributed by atoms with Crippen LogP contribution < -0.4 is 14.8 Å². The first-order chi connectivity index (χ1) is 25.6. The van der Waals surface area contributed by atoms with Crippen LogP contribution in [0.15, 0.2) is 30.4 Å². The van der Waals surface area contributed by atoms with E-state index in [4.69, 9.17) is 21.3 Å². The molecule has 3 N–H and O–H groups in total. The van der Waals surface area contributed by atoms with Crippen molar-refractivity contribution in [3.05, 3.63) is 46.5 Å². The standard InChI is InChI=1S/C39H50ClN5O8S/c1-38(2,3)45(37(49)50)31-14-8-6-4-5-7-11-23-21-39(23,36(48)43-54(51,52)26-16-17-26)42-33(46)32-20-25(22-44(32)35(31)47)53-34-28-13-10-9-12-27(28)29-19-24(40)15-18-30(29)41-34/h7,11,15,18-19,23,25-26,31-32H,4-6,8-10,12-14,16-17,20-22H2,1-3H3,(H,42,46)(H,43,48)(H,49,50)/t23-,25-,31+,32+,39-/m1/s1. The van der Waals surface area contributed by atoms with E-state index in [0.29, 0.717) is 36.6 Å². The first-order valence-corrected chi connectivity index (χ1v) is 21.2. The Kier molecular flexibility index (Phi) is 10.4. The van der Waals surface area contributed by atoms with Crippen molar-refractivity contribution in [3.63, 3.8) is 0 Å². The Balaban J connectivity index is 1.25. The highest BCUT2D eigenvalue weighted by Gasteiger charge is 2.62. The number of hydrogen-bond donors (Lipinski definition) is 3.